The smallest absolute Gasteiger partial charge is 0.420 e. The number of hydrogen-bond donors (Lipinski definition) is 1. The molecule has 0 fully saturated rings. The molecule has 2 rings (SSSR count). The molecule has 14 heavy (non-hydrogen) atoms. The first-order chi connectivity index (χ1) is 6.50. The van der Waals surface area contributed by atoms with Crippen molar-refractivity contribution < 1.29 is 17.6 Å². The highest BCUT2D eigenvalue weighted by atomic mass is 19.4. The van der Waals surface area contributed by atoms with Crippen LogP contribution in [0.4, 0.5) is 18.9 Å². The maximum absolute atomic E-state index is 12.4. The van der Waals surface area contributed by atoms with Crippen LogP contribution in [-0.2, 0) is 6.18 Å². The van der Waals surface area contributed by atoms with E-state index in [0.717, 1.165) is 6.07 Å². The van der Waals surface area contributed by atoms with Crippen molar-refractivity contribution >= 4 is 16.7 Å². The van der Waals surface area contributed by atoms with E-state index in [1.54, 1.807) is 0 Å². The summed E-state index contributed by atoms with van der Waals surface area (Å²) in [4.78, 5) is 0. The Bertz CT molecular complexity index is 472. The molecule has 0 aliphatic carbocycles. The van der Waals surface area contributed by atoms with Crippen LogP contribution in [0.5, 0.6) is 0 Å². The standard InChI is InChI=1S/C9H6F3NO/c10-9(11,12)6-1-2-7(13)5-3-4-14-8(5)6/h1-4H,13H2. The highest BCUT2D eigenvalue weighted by Crippen LogP contribution is 2.36. The number of anilines is 1. The van der Waals surface area contributed by atoms with Gasteiger partial charge in [0.15, 0.2) is 0 Å². The quantitative estimate of drug-likeness (QED) is 0.665. The molecule has 74 valence electrons. The number of furan rings is 1. The molecule has 0 saturated heterocycles. The number of alkyl halides is 3. The lowest BCUT2D eigenvalue weighted by Gasteiger charge is -2.07. The largest absolute Gasteiger partial charge is 0.464 e. The predicted molar refractivity (Wildman–Crippen MR) is 45.6 cm³/mol. The summed E-state index contributed by atoms with van der Waals surface area (Å²) in [6.45, 7) is 0. The van der Waals surface area contributed by atoms with Crippen molar-refractivity contribution in [2.24, 2.45) is 0 Å². The van der Waals surface area contributed by atoms with Crippen molar-refractivity contribution in [1.29, 1.82) is 0 Å². The van der Waals surface area contributed by atoms with Crippen molar-refractivity contribution in [2.75, 3.05) is 5.73 Å². The van der Waals surface area contributed by atoms with E-state index in [-0.39, 0.29) is 11.3 Å². The molecule has 0 aliphatic heterocycles. The minimum absolute atomic E-state index is 0.211. The maximum atomic E-state index is 12.4. The van der Waals surface area contributed by atoms with Gasteiger partial charge in [-0.15, -0.1) is 0 Å². The molecule has 0 amide bonds. The Labute approximate surface area is 77.1 Å². The maximum Gasteiger partial charge on any atom is 0.420 e. The molecule has 0 radical (unpaired) electrons. The van der Waals surface area contributed by atoms with Gasteiger partial charge in [0.05, 0.1) is 11.8 Å². The van der Waals surface area contributed by atoms with Crippen LogP contribution >= 0.6 is 0 Å². The van der Waals surface area contributed by atoms with Gasteiger partial charge in [0, 0.05) is 11.1 Å². The monoisotopic (exact) mass is 201 g/mol. The Morgan fingerprint density at radius 3 is 2.50 bits per heavy atom. The molecule has 0 unspecified atom stereocenters. The second-order valence-electron chi connectivity index (χ2n) is 2.86. The third-order valence-corrected chi connectivity index (χ3v) is 1.96. The number of nitrogens with two attached hydrogens (primary N) is 1. The second kappa shape index (κ2) is 2.67. The molecule has 1 aromatic heterocycles. The molecule has 0 bridgehead atoms. The Kier molecular flexibility index (Phi) is 1.70. The van der Waals surface area contributed by atoms with Crippen LogP contribution in [0.15, 0.2) is 28.9 Å². The molecule has 0 atom stereocenters. The summed E-state index contributed by atoms with van der Waals surface area (Å²) in [5.41, 5.74) is 4.75. The number of nitrogen functional groups attached to an aromatic ring is 1. The molecular weight excluding hydrogens is 195 g/mol. The van der Waals surface area contributed by atoms with Crippen LogP contribution in [0.3, 0.4) is 0 Å². The number of halogens is 3. The van der Waals surface area contributed by atoms with Gasteiger partial charge < -0.3 is 10.2 Å². The van der Waals surface area contributed by atoms with Crippen LogP contribution in [0, 0.1) is 0 Å². The van der Waals surface area contributed by atoms with Crippen LogP contribution in [0.1, 0.15) is 5.56 Å². The normalized spacial score (nSPS) is 12.2. The summed E-state index contributed by atoms with van der Waals surface area (Å²) >= 11 is 0. The molecule has 0 spiro atoms. The number of rotatable bonds is 0. The van der Waals surface area contributed by atoms with E-state index in [4.69, 9.17) is 10.2 Å². The fourth-order valence-corrected chi connectivity index (χ4v) is 1.31. The van der Waals surface area contributed by atoms with Gasteiger partial charge in [-0.05, 0) is 18.2 Å². The van der Waals surface area contributed by atoms with Crippen molar-refractivity contribution in [3.63, 3.8) is 0 Å². The molecule has 0 aliphatic rings. The molecule has 2 N–H and O–H groups in total. The van der Waals surface area contributed by atoms with Crippen LogP contribution in [0.25, 0.3) is 11.0 Å². The Morgan fingerprint density at radius 2 is 1.86 bits per heavy atom. The van der Waals surface area contributed by atoms with Crippen LogP contribution in [-0.4, -0.2) is 0 Å². The summed E-state index contributed by atoms with van der Waals surface area (Å²) in [7, 11) is 0. The minimum Gasteiger partial charge on any atom is -0.464 e. The molecule has 2 nitrogen and oxygen atoms in total. The van der Waals surface area contributed by atoms with E-state index in [9.17, 15) is 13.2 Å². The van der Waals surface area contributed by atoms with E-state index in [0.29, 0.717) is 5.39 Å². The lowest BCUT2D eigenvalue weighted by Crippen LogP contribution is -2.05. The first-order valence-electron chi connectivity index (χ1n) is 3.83. The lowest BCUT2D eigenvalue weighted by molar-refractivity contribution is -0.136. The van der Waals surface area contributed by atoms with Gasteiger partial charge >= 0.3 is 6.18 Å². The number of benzene rings is 1. The van der Waals surface area contributed by atoms with Gasteiger partial charge in [-0.1, -0.05) is 0 Å². The Hall–Kier alpha value is -1.65. The van der Waals surface area contributed by atoms with Crippen molar-refractivity contribution in [3.05, 3.63) is 30.0 Å². The summed E-state index contributed by atoms with van der Waals surface area (Å²) in [6, 6.07) is 3.56. The van der Waals surface area contributed by atoms with E-state index < -0.39 is 11.7 Å². The van der Waals surface area contributed by atoms with Gasteiger partial charge in [0.1, 0.15) is 5.58 Å². The Morgan fingerprint density at radius 1 is 1.14 bits per heavy atom. The van der Waals surface area contributed by atoms with Gasteiger partial charge in [-0.25, -0.2) is 0 Å². The zero-order valence-corrected chi connectivity index (χ0v) is 6.93. The highest BCUT2D eigenvalue weighted by molar-refractivity contribution is 5.91. The van der Waals surface area contributed by atoms with Crippen molar-refractivity contribution in [2.45, 2.75) is 6.18 Å². The first-order valence-corrected chi connectivity index (χ1v) is 3.83. The molecule has 1 aromatic carbocycles. The first kappa shape index (κ1) is 8.93. The fraction of sp³-hybridized carbons (Fsp3) is 0.111. The van der Waals surface area contributed by atoms with E-state index in [1.165, 1.54) is 18.4 Å². The van der Waals surface area contributed by atoms with E-state index in [1.807, 2.05) is 0 Å². The zero-order valence-electron chi connectivity index (χ0n) is 6.93. The summed E-state index contributed by atoms with van der Waals surface area (Å²) < 4.78 is 42.0. The number of hydrogen-bond acceptors (Lipinski definition) is 2. The third-order valence-electron chi connectivity index (χ3n) is 1.96. The summed E-state index contributed by atoms with van der Waals surface area (Å²) in [6.07, 6.45) is -3.22. The molecule has 2 aromatic rings. The average Bonchev–Trinajstić information content (AvgIpc) is 2.50. The van der Waals surface area contributed by atoms with Crippen LogP contribution in [0.2, 0.25) is 0 Å². The van der Waals surface area contributed by atoms with Gasteiger partial charge in [-0.2, -0.15) is 13.2 Å². The Balaban J connectivity index is 2.80. The minimum atomic E-state index is -4.41. The topological polar surface area (TPSA) is 39.2 Å². The van der Waals surface area contributed by atoms with E-state index >= 15 is 0 Å². The van der Waals surface area contributed by atoms with Crippen LogP contribution < -0.4 is 5.73 Å². The highest BCUT2D eigenvalue weighted by Gasteiger charge is 2.34. The fourth-order valence-electron chi connectivity index (χ4n) is 1.31. The van der Waals surface area contributed by atoms with Gasteiger partial charge in [-0.3, -0.25) is 0 Å². The molecule has 5 heteroatoms. The van der Waals surface area contributed by atoms with Crippen molar-refractivity contribution in [1.82, 2.24) is 0 Å². The van der Waals surface area contributed by atoms with Crippen molar-refractivity contribution in [3.8, 4) is 0 Å². The SMILES string of the molecule is Nc1ccc(C(F)(F)F)c2occc12. The van der Waals surface area contributed by atoms with Gasteiger partial charge in [0.25, 0.3) is 0 Å². The average molecular weight is 201 g/mol. The summed E-state index contributed by atoms with van der Waals surface area (Å²) in [5.74, 6) is 0. The third kappa shape index (κ3) is 1.21. The van der Waals surface area contributed by atoms with E-state index in [2.05, 4.69) is 0 Å². The molecule has 1 heterocycles. The number of fused-ring (bicyclic) bond motifs is 1. The lowest BCUT2D eigenvalue weighted by atomic mass is 10.1. The molecular formula is C9H6F3NO. The summed E-state index contributed by atoms with van der Waals surface area (Å²) in [5, 5.41) is 0.292. The van der Waals surface area contributed by atoms with Gasteiger partial charge in [0.2, 0.25) is 0 Å². The zero-order chi connectivity index (χ0) is 10.3. The molecule has 0 saturated carbocycles. The second-order valence-corrected chi connectivity index (χ2v) is 2.86. The predicted octanol–water partition coefficient (Wildman–Crippen LogP) is 3.03.